The van der Waals surface area contributed by atoms with Gasteiger partial charge in [0, 0.05) is 23.8 Å². The molecule has 0 unspecified atom stereocenters. The highest BCUT2D eigenvalue weighted by molar-refractivity contribution is 6.32. The van der Waals surface area contributed by atoms with Crippen molar-refractivity contribution < 1.29 is 14.7 Å². The molecular formula is C15H13N5O3. The van der Waals surface area contributed by atoms with Crippen LogP contribution in [-0.4, -0.2) is 37.6 Å². The summed E-state index contributed by atoms with van der Waals surface area (Å²) in [6.45, 7) is 3.36. The van der Waals surface area contributed by atoms with Crippen LogP contribution in [0.25, 0.3) is 6.08 Å². The van der Waals surface area contributed by atoms with Gasteiger partial charge in [-0.1, -0.05) is 0 Å². The Kier molecular flexibility index (Phi) is 3.49. The minimum absolute atomic E-state index is 0.202. The molecule has 8 nitrogen and oxygen atoms in total. The van der Waals surface area contributed by atoms with Gasteiger partial charge in [0.05, 0.1) is 17.3 Å². The molecule has 2 aromatic heterocycles. The third-order valence-electron chi connectivity index (χ3n) is 3.55. The number of hydrogen-bond acceptors (Lipinski definition) is 5. The second-order valence-corrected chi connectivity index (χ2v) is 5.02. The smallest absolute Gasteiger partial charge is 0.337 e. The predicted molar refractivity (Wildman–Crippen MR) is 81.9 cm³/mol. The van der Waals surface area contributed by atoms with Crippen molar-refractivity contribution in [3.63, 3.8) is 0 Å². The minimum atomic E-state index is -1.01. The summed E-state index contributed by atoms with van der Waals surface area (Å²) in [6, 6.07) is 0. The zero-order chi connectivity index (χ0) is 16.6. The van der Waals surface area contributed by atoms with Crippen LogP contribution in [0.2, 0.25) is 0 Å². The van der Waals surface area contributed by atoms with Crippen LogP contribution >= 0.6 is 0 Å². The summed E-state index contributed by atoms with van der Waals surface area (Å²) < 4.78 is 0. The number of aromatic amines is 1. The quantitative estimate of drug-likeness (QED) is 0.731. The van der Waals surface area contributed by atoms with E-state index >= 15 is 0 Å². The van der Waals surface area contributed by atoms with Crippen LogP contribution in [0.1, 0.15) is 33.0 Å². The number of nitrogens with one attached hydrogen (secondary N) is 2. The van der Waals surface area contributed by atoms with Crippen molar-refractivity contribution in [1.29, 1.82) is 0 Å². The molecule has 116 valence electrons. The Morgan fingerprint density at radius 2 is 2.09 bits per heavy atom. The number of rotatable bonds is 3. The van der Waals surface area contributed by atoms with Crippen LogP contribution in [0.3, 0.4) is 0 Å². The number of aromatic carboxylic acids is 1. The summed E-state index contributed by atoms with van der Waals surface area (Å²) in [4.78, 5) is 34.4. The topological polar surface area (TPSA) is 120 Å². The first-order valence-corrected chi connectivity index (χ1v) is 6.78. The Bertz CT molecular complexity index is 865. The number of aryl methyl sites for hydroxylation is 1. The molecule has 0 aromatic carbocycles. The third kappa shape index (κ3) is 2.50. The summed E-state index contributed by atoms with van der Waals surface area (Å²) in [5.41, 5.74) is 5.33. The summed E-state index contributed by atoms with van der Waals surface area (Å²) >= 11 is 0. The average Bonchev–Trinajstić information content (AvgIpc) is 3.01. The van der Waals surface area contributed by atoms with E-state index in [0.717, 1.165) is 0 Å². The molecule has 0 radical (unpaired) electrons. The van der Waals surface area contributed by atoms with Crippen LogP contribution < -0.4 is 5.43 Å². The van der Waals surface area contributed by atoms with Gasteiger partial charge in [-0.15, -0.1) is 0 Å². The Morgan fingerprint density at radius 1 is 1.30 bits per heavy atom. The fourth-order valence-corrected chi connectivity index (χ4v) is 2.47. The molecule has 1 aliphatic heterocycles. The van der Waals surface area contributed by atoms with Crippen molar-refractivity contribution in [3.8, 4) is 0 Å². The molecule has 0 saturated carbocycles. The maximum Gasteiger partial charge on any atom is 0.337 e. The lowest BCUT2D eigenvalue weighted by Gasteiger charge is -2.00. The number of hydrogen-bond donors (Lipinski definition) is 3. The molecule has 1 aliphatic rings. The van der Waals surface area contributed by atoms with E-state index < -0.39 is 5.97 Å². The van der Waals surface area contributed by atoms with Gasteiger partial charge in [0.15, 0.2) is 0 Å². The first-order valence-electron chi connectivity index (χ1n) is 6.78. The fraction of sp³-hybridized carbons (Fsp3) is 0.133. The molecule has 3 rings (SSSR count). The van der Waals surface area contributed by atoms with Gasteiger partial charge in [-0.05, 0) is 25.5 Å². The maximum atomic E-state index is 12.0. The standard InChI is InChI=1S/C15H13N5O3/c1-7-10(18-8(2)12(7)15(22)23)5-9-13(19-20-14(9)21)11-6-16-3-4-17-11/h3-6,18H,1-2H3,(H,20,21)(H,22,23)/b9-5+. The number of amides is 1. The maximum absolute atomic E-state index is 12.0. The largest absolute Gasteiger partial charge is 0.478 e. The van der Waals surface area contributed by atoms with Crippen LogP contribution in [0.15, 0.2) is 29.3 Å². The lowest BCUT2D eigenvalue weighted by Crippen LogP contribution is -2.14. The molecule has 3 N–H and O–H groups in total. The highest BCUT2D eigenvalue weighted by Crippen LogP contribution is 2.22. The minimum Gasteiger partial charge on any atom is -0.478 e. The van der Waals surface area contributed by atoms with Crippen molar-refractivity contribution in [2.75, 3.05) is 0 Å². The van der Waals surface area contributed by atoms with Crippen LogP contribution in [-0.2, 0) is 4.79 Å². The van der Waals surface area contributed by atoms with E-state index in [4.69, 9.17) is 0 Å². The van der Waals surface area contributed by atoms with Crippen LogP contribution in [0.5, 0.6) is 0 Å². The van der Waals surface area contributed by atoms with Crippen molar-refractivity contribution in [2.45, 2.75) is 13.8 Å². The zero-order valence-electron chi connectivity index (χ0n) is 12.4. The Morgan fingerprint density at radius 3 is 2.70 bits per heavy atom. The van der Waals surface area contributed by atoms with Crippen molar-refractivity contribution in [3.05, 3.63) is 52.4 Å². The molecule has 0 spiro atoms. The van der Waals surface area contributed by atoms with E-state index in [1.54, 1.807) is 19.9 Å². The molecule has 2 aromatic rings. The summed E-state index contributed by atoms with van der Waals surface area (Å²) in [6.07, 6.45) is 6.10. The van der Waals surface area contributed by atoms with Gasteiger partial charge in [-0.25, -0.2) is 10.2 Å². The first-order chi connectivity index (χ1) is 11.0. The number of carbonyl (C=O) groups excluding carboxylic acids is 1. The Balaban J connectivity index is 2.08. The number of hydrazone groups is 1. The molecule has 0 atom stereocenters. The van der Waals surface area contributed by atoms with Gasteiger partial charge in [0.2, 0.25) is 0 Å². The lowest BCUT2D eigenvalue weighted by molar-refractivity contribution is -0.116. The average molecular weight is 311 g/mol. The molecule has 0 fully saturated rings. The Hall–Kier alpha value is -3.29. The molecule has 1 amide bonds. The molecule has 0 bridgehead atoms. The third-order valence-corrected chi connectivity index (χ3v) is 3.55. The number of carbonyl (C=O) groups is 2. The lowest BCUT2D eigenvalue weighted by atomic mass is 10.0. The van der Waals surface area contributed by atoms with Gasteiger partial charge < -0.3 is 10.1 Å². The van der Waals surface area contributed by atoms with Crippen molar-refractivity contribution >= 4 is 23.7 Å². The van der Waals surface area contributed by atoms with Crippen LogP contribution in [0, 0.1) is 13.8 Å². The molecule has 0 saturated heterocycles. The summed E-state index contributed by atoms with van der Waals surface area (Å²) in [5, 5.41) is 13.2. The molecule has 8 heteroatoms. The Labute approximate surface area is 131 Å². The molecule has 23 heavy (non-hydrogen) atoms. The van der Waals surface area contributed by atoms with Gasteiger partial charge in [0.25, 0.3) is 5.91 Å². The molecule has 3 heterocycles. The van der Waals surface area contributed by atoms with E-state index in [1.807, 2.05) is 0 Å². The van der Waals surface area contributed by atoms with Gasteiger partial charge in [-0.2, -0.15) is 5.10 Å². The normalized spacial score (nSPS) is 15.7. The molecule has 0 aliphatic carbocycles. The second kappa shape index (κ2) is 5.48. The van der Waals surface area contributed by atoms with Gasteiger partial charge in [0.1, 0.15) is 11.4 Å². The first kappa shape index (κ1) is 14.6. The number of carboxylic acid groups (broad SMARTS) is 1. The number of aromatic nitrogens is 3. The van der Waals surface area contributed by atoms with Crippen molar-refractivity contribution in [1.82, 2.24) is 20.4 Å². The molecular weight excluding hydrogens is 298 g/mol. The van der Waals surface area contributed by atoms with E-state index in [2.05, 4.69) is 25.5 Å². The second-order valence-electron chi connectivity index (χ2n) is 5.02. The highest BCUT2D eigenvalue weighted by Gasteiger charge is 2.26. The van der Waals surface area contributed by atoms with Gasteiger partial charge in [-0.3, -0.25) is 14.8 Å². The van der Waals surface area contributed by atoms with E-state index in [0.29, 0.717) is 33.9 Å². The number of carboxylic acids is 1. The van der Waals surface area contributed by atoms with E-state index in [1.165, 1.54) is 18.6 Å². The summed E-state index contributed by atoms with van der Waals surface area (Å²) in [5.74, 6) is -1.39. The number of nitrogens with zero attached hydrogens (tertiary/aromatic N) is 3. The highest BCUT2D eigenvalue weighted by atomic mass is 16.4. The summed E-state index contributed by atoms with van der Waals surface area (Å²) in [7, 11) is 0. The monoisotopic (exact) mass is 311 g/mol. The zero-order valence-corrected chi connectivity index (χ0v) is 12.4. The SMILES string of the molecule is Cc1[nH]c(/C=C2/C(=O)NN=C2c2cnccn2)c(C)c1C(=O)O. The van der Waals surface area contributed by atoms with Gasteiger partial charge >= 0.3 is 5.97 Å². The van der Waals surface area contributed by atoms with E-state index in [-0.39, 0.29) is 11.5 Å². The van der Waals surface area contributed by atoms with Crippen molar-refractivity contribution in [2.24, 2.45) is 5.10 Å². The fourth-order valence-electron chi connectivity index (χ4n) is 2.47. The van der Waals surface area contributed by atoms with E-state index in [9.17, 15) is 14.7 Å². The van der Waals surface area contributed by atoms with Crippen LogP contribution in [0.4, 0.5) is 0 Å². The number of H-pyrrole nitrogens is 1. The predicted octanol–water partition coefficient (Wildman–Crippen LogP) is 1.04.